The van der Waals surface area contributed by atoms with Crippen molar-refractivity contribution in [1.29, 1.82) is 0 Å². The fraction of sp³-hybridized carbons (Fsp3) is 0.259. The molecule has 0 fully saturated rings. The zero-order chi connectivity index (χ0) is 28.1. The molecule has 6 nitrogen and oxygen atoms in total. The lowest BCUT2D eigenvalue weighted by atomic mass is 9.93. The van der Waals surface area contributed by atoms with Crippen LogP contribution in [0.5, 0.6) is 0 Å². The van der Waals surface area contributed by atoms with Gasteiger partial charge in [-0.1, -0.05) is 30.3 Å². The van der Waals surface area contributed by atoms with E-state index in [0.29, 0.717) is 22.6 Å². The predicted molar refractivity (Wildman–Crippen MR) is 140 cm³/mol. The number of amides is 1. The van der Waals surface area contributed by atoms with Gasteiger partial charge in [-0.2, -0.15) is 13.2 Å². The molecule has 1 heterocycles. The van der Waals surface area contributed by atoms with Crippen LogP contribution in [0.4, 0.5) is 17.6 Å². The summed E-state index contributed by atoms with van der Waals surface area (Å²) in [5, 5.41) is 6.48. The van der Waals surface area contributed by atoms with E-state index < -0.39 is 23.1 Å². The summed E-state index contributed by atoms with van der Waals surface area (Å²) >= 11 is 1.39. The number of nitrogens with zero attached hydrogens (tertiary/aromatic N) is 4. The van der Waals surface area contributed by atoms with Crippen LogP contribution in [0.1, 0.15) is 30.5 Å². The van der Waals surface area contributed by atoms with E-state index >= 15 is 0 Å². The molecular formula is C27H26F4N4O2S. The standard InChI is InChI=1S/C27H26F4N4O2S/c1-26(2,34(3)35(17-36)16-20-7-5-6-8-23(20)28)24(33-37)13-18-9-11-21(27(29,30)31)14-22(18)19-10-12-25(38-4)32-15-19/h5-15,17H,16H2,1-4H3/b24-13-. The number of carbonyl (C=O) groups is 1. The van der Waals surface area contributed by atoms with Crippen LogP contribution in [0.2, 0.25) is 0 Å². The zero-order valence-electron chi connectivity index (χ0n) is 21.2. The lowest BCUT2D eigenvalue weighted by Gasteiger charge is -2.40. The number of aromatic nitrogens is 1. The van der Waals surface area contributed by atoms with Crippen molar-refractivity contribution in [1.82, 2.24) is 15.0 Å². The first-order valence-corrected chi connectivity index (χ1v) is 12.6. The van der Waals surface area contributed by atoms with Gasteiger partial charge in [-0.05, 0) is 66.7 Å². The van der Waals surface area contributed by atoms with Gasteiger partial charge in [-0.3, -0.25) is 9.80 Å². The maximum atomic E-state index is 14.2. The number of nitroso groups, excluding NO2 is 1. The molecule has 0 unspecified atom stereocenters. The van der Waals surface area contributed by atoms with Gasteiger partial charge >= 0.3 is 6.18 Å². The molecule has 0 aliphatic carbocycles. The van der Waals surface area contributed by atoms with Crippen molar-refractivity contribution >= 4 is 24.2 Å². The number of thioether (sulfide) groups is 1. The van der Waals surface area contributed by atoms with E-state index in [4.69, 9.17) is 0 Å². The second kappa shape index (κ2) is 11.9. The lowest BCUT2D eigenvalue weighted by Crippen LogP contribution is -2.52. The van der Waals surface area contributed by atoms with Crippen LogP contribution < -0.4 is 0 Å². The van der Waals surface area contributed by atoms with Crippen molar-refractivity contribution in [2.75, 3.05) is 13.3 Å². The third-order valence-corrected chi connectivity index (χ3v) is 6.92. The first-order chi connectivity index (χ1) is 17.9. The number of rotatable bonds is 10. The van der Waals surface area contributed by atoms with Crippen LogP contribution in [0.25, 0.3) is 17.2 Å². The molecular weight excluding hydrogens is 520 g/mol. The molecule has 3 aromatic rings. The Balaban J connectivity index is 2.06. The largest absolute Gasteiger partial charge is 0.416 e. The van der Waals surface area contributed by atoms with Gasteiger partial charge < -0.3 is 0 Å². The number of pyridine rings is 1. The van der Waals surface area contributed by atoms with E-state index in [2.05, 4.69) is 10.2 Å². The van der Waals surface area contributed by atoms with Gasteiger partial charge in [0.2, 0.25) is 6.41 Å². The summed E-state index contributed by atoms with van der Waals surface area (Å²) in [7, 11) is 1.53. The number of hydrazine groups is 1. The highest BCUT2D eigenvalue weighted by molar-refractivity contribution is 7.98. The predicted octanol–water partition coefficient (Wildman–Crippen LogP) is 7.02. The Morgan fingerprint density at radius 2 is 1.82 bits per heavy atom. The van der Waals surface area contributed by atoms with Gasteiger partial charge in [-0.15, -0.1) is 16.7 Å². The molecule has 200 valence electrons. The van der Waals surface area contributed by atoms with Crippen molar-refractivity contribution in [3.63, 3.8) is 0 Å². The van der Waals surface area contributed by atoms with Crippen LogP contribution in [-0.4, -0.2) is 40.3 Å². The summed E-state index contributed by atoms with van der Waals surface area (Å²) in [5.74, 6) is -0.495. The van der Waals surface area contributed by atoms with E-state index in [0.717, 1.165) is 12.1 Å². The maximum absolute atomic E-state index is 14.2. The van der Waals surface area contributed by atoms with E-state index in [1.165, 1.54) is 65.4 Å². The average Bonchev–Trinajstić information content (AvgIpc) is 2.90. The number of benzene rings is 2. The molecule has 0 aliphatic heterocycles. The van der Waals surface area contributed by atoms with Crippen LogP contribution in [0.15, 0.2) is 76.7 Å². The van der Waals surface area contributed by atoms with Gasteiger partial charge in [-0.25, -0.2) is 14.4 Å². The number of likely N-dealkylation sites (N-methyl/N-ethyl adjacent to an activating group) is 1. The van der Waals surface area contributed by atoms with Crippen LogP contribution in [0, 0.1) is 10.7 Å². The third kappa shape index (κ3) is 6.46. The number of alkyl halides is 3. The molecule has 0 saturated heterocycles. The van der Waals surface area contributed by atoms with Crippen molar-refractivity contribution in [3.8, 4) is 11.1 Å². The SMILES string of the molecule is CSc1ccc(-c2cc(C(F)(F)F)ccc2/C=C(\N=O)C(C)(C)N(C)N(C=O)Cc2ccccc2F)cn1. The normalized spacial score (nSPS) is 12.5. The Morgan fingerprint density at radius 1 is 1.11 bits per heavy atom. The van der Waals surface area contributed by atoms with Gasteiger partial charge in [0.05, 0.1) is 22.7 Å². The van der Waals surface area contributed by atoms with Gasteiger partial charge in [0.1, 0.15) is 11.5 Å². The summed E-state index contributed by atoms with van der Waals surface area (Å²) in [5.41, 5.74) is -0.932. The molecule has 0 radical (unpaired) electrons. The Bertz CT molecular complexity index is 1330. The second-order valence-electron chi connectivity index (χ2n) is 8.89. The summed E-state index contributed by atoms with van der Waals surface area (Å²) in [4.78, 5) is 28.2. The van der Waals surface area contributed by atoms with Crippen LogP contribution >= 0.6 is 11.8 Å². The fourth-order valence-electron chi connectivity index (χ4n) is 3.73. The summed E-state index contributed by atoms with van der Waals surface area (Å²) in [6.07, 6.45) is 0.598. The second-order valence-corrected chi connectivity index (χ2v) is 9.71. The van der Waals surface area contributed by atoms with Crippen LogP contribution in [0.3, 0.4) is 0 Å². The quantitative estimate of drug-likeness (QED) is 0.0899. The molecule has 1 aromatic heterocycles. The van der Waals surface area contributed by atoms with E-state index in [1.54, 1.807) is 32.0 Å². The minimum Gasteiger partial charge on any atom is -0.277 e. The Morgan fingerprint density at radius 3 is 2.37 bits per heavy atom. The summed E-state index contributed by atoms with van der Waals surface area (Å²) < 4.78 is 54.8. The number of hydrogen-bond acceptors (Lipinski definition) is 6. The molecule has 0 aliphatic rings. The molecule has 0 spiro atoms. The van der Waals surface area contributed by atoms with E-state index in [1.807, 2.05) is 6.26 Å². The van der Waals surface area contributed by atoms with Crippen LogP contribution in [-0.2, 0) is 17.5 Å². The third-order valence-electron chi connectivity index (χ3n) is 6.26. The topological polar surface area (TPSA) is 65.9 Å². The molecule has 0 N–H and O–H groups in total. The van der Waals surface area contributed by atoms with Gasteiger partial charge in [0.25, 0.3) is 0 Å². The lowest BCUT2D eigenvalue weighted by molar-refractivity contribution is -0.141. The molecule has 3 rings (SSSR count). The average molecular weight is 547 g/mol. The highest BCUT2D eigenvalue weighted by Gasteiger charge is 2.35. The first-order valence-electron chi connectivity index (χ1n) is 11.4. The fourth-order valence-corrected chi connectivity index (χ4v) is 4.10. The Labute approximate surface area is 222 Å². The van der Waals surface area contributed by atoms with Gasteiger partial charge in [0, 0.05) is 24.4 Å². The summed E-state index contributed by atoms with van der Waals surface area (Å²) in [6.45, 7) is 3.13. The smallest absolute Gasteiger partial charge is 0.277 e. The molecule has 0 atom stereocenters. The Kier molecular flexibility index (Phi) is 9.05. The van der Waals surface area contributed by atoms with E-state index in [9.17, 15) is 27.3 Å². The molecule has 0 bridgehead atoms. The molecule has 38 heavy (non-hydrogen) atoms. The maximum Gasteiger partial charge on any atom is 0.416 e. The highest BCUT2D eigenvalue weighted by Crippen LogP contribution is 2.36. The number of halogens is 4. The first kappa shape index (κ1) is 29.0. The molecule has 2 aromatic carbocycles. The minimum absolute atomic E-state index is 0.0601. The molecule has 0 saturated carbocycles. The van der Waals surface area contributed by atoms with Crippen molar-refractivity contribution in [3.05, 3.63) is 93.9 Å². The van der Waals surface area contributed by atoms with Crippen molar-refractivity contribution in [2.24, 2.45) is 5.18 Å². The van der Waals surface area contributed by atoms with Crippen molar-refractivity contribution in [2.45, 2.75) is 37.1 Å². The zero-order valence-corrected chi connectivity index (χ0v) is 22.0. The number of hydrogen-bond donors (Lipinski definition) is 0. The minimum atomic E-state index is -4.58. The van der Waals surface area contributed by atoms with E-state index in [-0.39, 0.29) is 23.4 Å². The molecule has 11 heteroatoms. The molecule has 1 amide bonds. The monoisotopic (exact) mass is 546 g/mol. The van der Waals surface area contributed by atoms with Crippen molar-refractivity contribution < 1.29 is 22.4 Å². The summed E-state index contributed by atoms with van der Waals surface area (Å²) in [6, 6.07) is 12.5. The highest BCUT2D eigenvalue weighted by atomic mass is 32.2. The number of carbonyl (C=O) groups excluding carboxylic acids is 1. The van der Waals surface area contributed by atoms with Gasteiger partial charge in [0.15, 0.2) is 0 Å². The Hall–Kier alpha value is -3.57.